The van der Waals surface area contributed by atoms with Gasteiger partial charge in [0.2, 0.25) is 0 Å². The van der Waals surface area contributed by atoms with Gasteiger partial charge < -0.3 is 4.90 Å². The molecule has 1 aliphatic rings. The monoisotopic (exact) mass is 267 g/mol. The summed E-state index contributed by atoms with van der Waals surface area (Å²) in [5.74, 6) is 0. The summed E-state index contributed by atoms with van der Waals surface area (Å²) in [7, 11) is 0. The molecule has 0 N–H and O–H groups in total. The third-order valence-corrected chi connectivity index (χ3v) is 3.83. The molecule has 82 valence electrons. The first-order valence-electron chi connectivity index (χ1n) is 5.73. The first-order valence-corrected chi connectivity index (χ1v) is 6.52. The van der Waals surface area contributed by atoms with Gasteiger partial charge in [-0.3, -0.25) is 0 Å². The van der Waals surface area contributed by atoms with Gasteiger partial charge in [-0.2, -0.15) is 0 Å². The van der Waals surface area contributed by atoms with Crippen molar-refractivity contribution < 1.29 is 0 Å². The molecular formula is C13H18BrN. The quantitative estimate of drug-likeness (QED) is 0.793. The van der Waals surface area contributed by atoms with Crippen LogP contribution in [0.15, 0.2) is 28.7 Å². The molecule has 1 saturated carbocycles. The summed E-state index contributed by atoms with van der Waals surface area (Å²) in [5.41, 5.74) is 1.34. The highest BCUT2D eigenvalue weighted by molar-refractivity contribution is 9.10. The zero-order chi connectivity index (χ0) is 10.8. The second-order valence-electron chi connectivity index (χ2n) is 4.54. The van der Waals surface area contributed by atoms with E-state index in [1.807, 2.05) is 0 Å². The molecule has 0 spiro atoms. The van der Waals surface area contributed by atoms with Crippen molar-refractivity contribution in [2.24, 2.45) is 0 Å². The summed E-state index contributed by atoms with van der Waals surface area (Å²) in [5, 5.41) is 0. The molecule has 2 heteroatoms. The Morgan fingerprint density at radius 2 is 1.93 bits per heavy atom. The molecule has 0 atom stereocenters. The highest BCUT2D eigenvalue weighted by atomic mass is 79.9. The number of hydrogen-bond acceptors (Lipinski definition) is 1. The van der Waals surface area contributed by atoms with Gasteiger partial charge in [-0.15, -0.1) is 0 Å². The van der Waals surface area contributed by atoms with Gasteiger partial charge in [-0.25, -0.2) is 0 Å². The van der Waals surface area contributed by atoms with Gasteiger partial charge in [0, 0.05) is 16.6 Å². The lowest BCUT2D eigenvalue weighted by molar-refractivity contribution is 0.369. The third kappa shape index (κ3) is 2.20. The Bertz CT molecular complexity index is 331. The lowest BCUT2D eigenvalue weighted by Crippen LogP contribution is -2.44. The fourth-order valence-corrected chi connectivity index (χ4v) is 2.71. The van der Waals surface area contributed by atoms with Crippen LogP contribution in [0, 0.1) is 0 Å². The van der Waals surface area contributed by atoms with Crippen molar-refractivity contribution in [1.29, 1.82) is 0 Å². The van der Waals surface area contributed by atoms with Crippen LogP contribution in [0.2, 0.25) is 0 Å². The van der Waals surface area contributed by atoms with Crippen LogP contribution in [-0.2, 0) is 0 Å². The van der Waals surface area contributed by atoms with Crippen LogP contribution in [0.5, 0.6) is 0 Å². The lowest BCUT2D eigenvalue weighted by Gasteiger charge is -2.42. The summed E-state index contributed by atoms with van der Waals surface area (Å²) < 4.78 is 1.21. The number of para-hydroxylation sites is 1. The third-order valence-electron chi connectivity index (χ3n) is 3.16. The molecule has 1 aromatic rings. The Morgan fingerprint density at radius 1 is 1.27 bits per heavy atom. The van der Waals surface area contributed by atoms with Crippen LogP contribution in [-0.4, -0.2) is 12.1 Å². The van der Waals surface area contributed by atoms with E-state index in [2.05, 4.69) is 58.9 Å². The molecule has 2 rings (SSSR count). The van der Waals surface area contributed by atoms with E-state index < -0.39 is 0 Å². The topological polar surface area (TPSA) is 3.24 Å². The van der Waals surface area contributed by atoms with Crippen molar-refractivity contribution >= 4 is 21.6 Å². The normalized spacial score (nSPS) is 16.5. The predicted molar refractivity (Wildman–Crippen MR) is 69.4 cm³/mol. The number of anilines is 1. The van der Waals surface area contributed by atoms with E-state index in [4.69, 9.17) is 0 Å². The molecule has 0 aliphatic heterocycles. The van der Waals surface area contributed by atoms with Crippen LogP contribution < -0.4 is 4.90 Å². The Morgan fingerprint density at radius 3 is 2.40 bits per heavy atom. The second kappa shape index (κ2) is 4.56. The summed E-state index contributed by atoms with van der Waals surface area (Å²) >= 11 is 3.65. The van der Waals surface area contributed by atoms with Gasteiger partial charge in [0.25, 0.3) is 0 Å². The molecular weight excluding hydrogens is 250 g/mol. The minimum absolute atomic E-state index is 0.578. The maximum atomic E-state index is 3.65. The molecule has 0 radical (unpaired) electrons. The van der Waals surface area contributed by atoms with Gasteiger partial charge in [-0.05, 0) is 61.2 Å². The number of halogens is 1. The zero-order valence-corrected chi connectivity index (χ0v) is 11.0. The molecule has 0 bridgehead atoms. The Kier molecular flexibility index (Phi) is 3.35. The largest absolute Gasteiger partial charge is 0.365 e. The van der Waals surface area contributed by atoms with E-state index in [0.29, 0.717) is 6.04 Å². The van der Waals surface area contributed by atoms with Gasteiger partial charge in [0.15, 0.2) is 0 Å². The number of nitrogens with zero attached hydrogens (tertiary/aromatic N) is 1. The lowest BCUT2D eigenvalue weighted by atomic mass is 9.90. The summed E-state index contributed by atoms with van der Waals surface area (Å²) in [6.07, 6.45) is 4.08. The summed E-state index contributed by atoms with van der Waals surface area (Å²) in [6.45, 7) is 4.55. The van der Waals surface area contributed by atoms with Crippen molar-refractivity contribution in [3.63, 3.8) is 0 Å². The summed E-state index contributed by atoms with van der Waals surface area (Å²) in [6, 6.07) is 9.87. The minimum Gasteiger partial charge on any atom is -0.365 e. The highest BCUT2D eigenvalue weighted by Gasteiger charge is 2.27. The van der Waals surface area contributed by atoms with E-state index in [-0.39, 0.29) is 0 Å². The fraction of sp³-hybridized carbons (Fsp3) is 0.538. The maximum absolute atomic E-state index is 3.65. The SMILES string of the molecule is CC(C)N(c1ccccc1Br)C1CCC1. The molecule has 0 saturated heterocycles. The predicted octanol–water partition coefficient (Wildman–Crippen LogP) is 4.22. The first-order chi connectivity index (χ1) is 7.20. The van der Waals surface area contributed by atoms with Gasteiger partial charge in [0.1, 0.15) is 0 Å². The first kappa shape index (κ1) is 11.0. The van der Waals surface area contributed by atoms with Gasteiger partial charge in [0.05, 0.1) is 5.69 Å². The molecule has 0 unspecified atom stereocenters. The Balaban J connectivity index is 2.27. The molecule has 1 aromatic carbocycles. The standard InChI is InChI=1S/C13H18BrN/c1-10(2)15(11-6-5-7-11)13-9-4-3-8-12(13)14/h3-4,8-11H,5-7H2,1-2H3. The van der Waals surface area contributed by atoms with Crippen molar-refractivity contribution in [3.8, 4) is 0 Å². The second-order valence-corrected chi connectivity index (χ2v) is 5.39. The molecule has 0 amide bonds. The number of hydrogen-bond donors (Lipinski definition) is 0. The minimum atomic E-state index is 0.578. The average Bonchev–Trinajstić information content (AvgIpc) is 2.12. The molecule has 1 fully saturated rings. The van der Waals surface area contributed by atoms with E-state index in [1.54, 1.807) is 0 Å². The van der Waals surface area contributed by atoms with Crippen LogP contribution in [0.1, 0.15) is 33.1 Å². The van der Waals surface area contributed by atoms with E-state index in [1.165, 1.54) is 29.4 Å². The van der Waals surface area contributed by atoms with Crippen molar-refractivity contribution in [2.45, 2.75) is 45.2 Å². The molecule has 1 aliphatic carbocycles. The highest BCUT2D eigenvalue weighted by Crippen LogP contribution is 2.35. The van der Waals surface area contributed by atoms with E-state index in [9.17, 15) is 0 Å². The average molecular weight is 268 g/mol. The number of benzene rings is 1. The van der Waals surface area contributed by atoms with Crippen LogP contribution in [0.3, 0.4) is 0 Å². The van der Waals surface area contributed by atoms with Crippen LogP contribution in [0.4, 0.5) is 5.69 Å². The van der Waals surface area contributed by atoms with Crippen molar-refractivity contribution in [1.82, 2.24) is 0 Å². The molecule has 15 heavy (non-hydrogen) atoms. The van der Waals surface area contributed by atoms with E-state index in [0.717, 1.165) is 6.04 Å². The maximum Gasteiger partial charge on any atom is 0.0515 e. The molecule has 1 nitrogen and oxygen atoms in total. The smallest absolute Gasteiger partial charge is 0.0515 e. The Labute approximate surface area is 101 Å². The van der Waals surface area contributed by atoms with Crippen molar-refractivity contribution in [2.75, 3.05) is 4.90 Å². The Hall–Kier alpha value is -0.500. The molecule has 0 aromatic heterocycles. The number of rotatable bonds is 3. The van der Waals surface area contributed by atoms with Crippen molar-refractivity contribution in [3.05, 3.63) is 28.7 Å². The van der Waals surface area contributed by atoms with Crippen LogP contribution in [0.25, 0.3) is 0 Å². The van der Waals surface area contributed by atoms with Gasteiger partial charge >= 0.3 is 0 Å². The van der Waals surface area contributed by atoms with E-state index >= 15 is 0 Å². The van der Waals surface area contributed by atoms with Crippen LogP contribution >= 0.6 is 15.9 Å². The van der Waals surface area contributed by atoms with Gasteiger partial charge in [-0.1, -0.05) is 12.1 Å². The summed E-state index contributed by atoms with van der Waals surface area (Å²) in [4.78, 5) is 2.55. The zero-order valence-electron chi connectivity index (χ0n) is 9.41. The fourth-order valence-electron chi connectivity index (χ4n) is 2.22. The molecule has 0 heterocycles.